The van der Waals surface area contributed by atoms with Gasteiger partial charge in [-0.2, -0.15) is 5.06 Å². The van der Waals surface area contributed by atoms with Crippen molar-refractivity contribution < 1.29 is 10.3 Å². The van der Waals surface area contributed by atoms with Gasteiger partial charge >= 0.3 is 0 Å². The van der Waals surface area contributed by atoms with Gasteiger partial charge in [0.25, 0.3) is 0 Å². The van der Waals surface area contributed by atoms with Crippen molar-refractivity contribution in [2.45, 2.75) is 25.2 Å². The molecule has 1 aliphatic heterocycles. The Morgan fingerprint density at radius 2 is 1.26 bits per heavy atom. The minimum absolute atomic E-state index is 0. The number of halogens is 1. The van der Waals surface area contributed by atoms with Gasteiger partial charge in [0.1, 0.15) is 6.23 Å². The zero-order valence-electron chi connectivity index (χ0n) is 13.1. The Kier molecular flexibility index (Phi) is 6.16. The van der Waals surface area contributed by atoms with Crippen LogP contribution >= 0.6 is 12.4 Å². The second kappa shape index (κ2) is 7.90. The number of rotatable bonds is 3. The van der Waals surface area contributed by atoms with E-state index in [1.165, 1.54) is 5.06 Å². The van der Waals surface area contributed by atoms with Crippen LogP contribution in [0.4, 0.5) is 0 Å². The molecule has 4 nitrogen and oxygen atoms in total. The van der Waals surface area contributed by atoms with Crippen molar-refractivity contribution in [2.75, 3.05) is 13.1 Å². The third-order valence-electron chi connectivity index (χ3n) is 4.29. The lowest BCUT2D eigenvalue weighted by Crippen LogP contribution is -2.52. The summed E-state index contributed by atoms with van der Waals surface area (Å²) < 4.78 is 0. The number of hydrogen-bond donors (Lipinski definition) is 2. The molecule has 1 heterocycles. The SMILES string of the molecule is CC(O)N1C(c2ccccc2)CN(O)CC1c1ccccc1.Cl. The van der Waals surface area contributed by atoms with Crippen LogP contribution in [-0.2, 0) is 0 Å². The van der Waals surface area contributed by atoms with Crippen LogP contribution in [0, 0.1) is 0 Å². The summed E-state index contributed by atoms with van der Waals surface area (Å²) in [4.78, 5) is 2.08. The van der Waals surface area contributed by atoms with Crippen molar-refractivity contribution in [3.63, 3.8) is 0 Å². The molecule has 0 saturated carbocycles. The molecule has 0 radical (unpaired) electrons. The van der Waals surface area contributed by atoms with Crippen molar-refractivity contribution >= 4 is 12.4 Å². The highest BCUT2D eigenvalue weighted by molar-refractivity contribution is 5.85. The van der Waals surface area contributed by atoms with E-state index in [1.807, 2.05) is 60.7 Å². The first-order chi connectivity index (χ1) is 10.7. The molecule has 0 bridgehead atoms. The quantitative estimate of drug-likeness (QED) is 0.904. The second-order valence-corrected chi connectivity index (χ2v) is 5.80. The highest BCUT2D eigenvalue weighted by Crippen LogP contribution is 2.36. The lowest BCUT2D eigenvalue weighted by Gasteiger charge is -2.46. The summed E-state index contributed by atoms with van der Waals surface area (Å²) in [6.45, 7) is 2.76. The number of aliphatic hydroxyl groups excluding tert-OH is 1. The van der Waals surface area contributed by atoms with Crippen LogP contribution in [0.15, 0.2) is 60.7 Å². The van der Waals surface area contributed by atoms with Gasteiger partial charge in [-0.05, 0) is 18.1 Å². The monoisotopic (exact) mass is 334 g/mol. The average molecular weight is 335 g/mol. The molecule has 3 rings (SSSR count). The summed E-state index contributed by atoms with van der Waals surface area (Å²) >= 11 is 0. The smallest absolute Gasteiger partial charge is 0.105 e. The van der Waals surface area contributed by atoms with E-state index >= 15 is 0 Å². The molecule has 2 N–H and O–H groups in total. The third-order valence-corrected chi connectivity index (χ3v) is 4.29. The normalized spacial score (nSPS) is 24.0. The van der Waals surface area contributed by atoms with Gasteiger partial charge in [-0.3, -0.25) is 4.90 Å². The molecule has 1 aliphatic rings. The molecule has 0 spiro atoms. The van der Waals surface area contributed by atoms with Crippen molar-refractivity contribution in [2.24, 2.45) is 0 Å². The number of nitrogens with zero attached hydrogens (tertiary/aromatic N) is 2. The Bertz CT molecular complexity index is 545. The van der Waals surface area contributed by atoms with Gasteiger partial charge in [-0.15, -0.1) is 12.4 Å². The molecular formula is C18H23ClN2O2. The van der Waals surface area contributed by atoms with Crippen molar-refractivity contribution in [3.8, 4) is 0 Å². The highest BCUT2D eigenvalue weighted by atomic mass is 35.5. The molecule has 3 unspecified atom stereocenters. The third kappa shape index (κ3) is 3.91. The largest absolute Gasteiger partial charge is 0.379 e. The lowest BCUT2D eigenvalue weighted by molar-refractivity contribution is -0.182. The van der Waals surface area contributed by atoms with Crippen LogP contribution in [-0.4, -0.2) is 39.6 Å². The van der Waals surface area contributed by atoms with Gasteiger partial charge in [-0.1, -0.05) is 60.7 Å². The summed E-state index contributed by atoms with van der Waals surface area (Å²) in [6.07, 6.45) is -0.593. The van der Waals surface area contributed by atoms with Gasteiger partial charge in [0.2, 0.25) is 0 Å². The van der Waals surface area contributed by atoms with Gasteiger partial charge in [0.05, 0.1) is 12.1 Å². The molecule has 2 aromatic carbocycles. The van der Waals surface area contributed by atoms with Gasteiger partial charge in [0.15, 0.2) is 0 Å². The maximum Gasteiger partial charge on any atom is 0.105 e. The van der Waals surface area contributed by atoms with Crippen molar-refractivity contribution in [3.05, 3.63) is 71.8 Å². The fourth-order valence-electron chi connectivity index (χ4n) is 3.31. The molecule has 1 fully saturated rings. The van der Waals surface area contributed by atoms with E-state index in [2.05, 4.69) is 4.90 Å². The lowest BCUT2D eigenvalue weighted by atomic mass is 9.95. The van der Waals surface area contributed by atoms with E-state index in [-0.39, 0.29) is 24.5 Å². The van der Waals surface area contributed by atoms with Crippen LogP contribution in [0.3, 0.4) is 0 Å². The van der Waals surface area contributed by atoms with E-state index in [1.54, 1.807) is 6.92 Å². The molecule has 3 atom stereocenters. The summed E-state index contributed by atoms with van der Waals surface area (Å²) in [5.74, 6) is 0. The first-order valence-electron chi connectivity index (χ1n) is 7.66. The minimum atomic E-state index is -0.593. The molecular weight excluding hydrogens is 312 g/mol. The number of hydrogen-bond acceptors (Lipinski definition) is 4. The fraction of sp³-hybridized carbons (Fsp3) is 0.333. The van der Waals surface area contributed by atoms with Gasteiger partial charge < -0.3 is 10.3 Å². The minimum Gasteiger partial charge on any atom is -0.379 e. The van der Waals surface area contributed by atoms with Gasteiger partial charge in [-0.25, -0.2) is 0 Å². The van der Waals surface area contributed by atoms with E-state index in [4.69, 9.17) is 0 Å². The van der Waals surface area contributed by atoms with Crippen LogP contribution in [0.2, 0.25) is 0 Å². The Morgan fingerprint density at radius 1 is 0.870 bits per heavy atom. The van der Waals surface area contributed by atoms with E-state index in [9.17, 15) is 10.3 Å². The standard InChI is InChI=1S/C18H22N2O2.ClH/c1-14(21)20-17(15-8-4-2-5-9-15)12-19(22)13-18(20)16-10-6-3-7-11-16;/h2-11,14,17-18,21-22H,12-13H2,1H3;1H. The highest BCUT2D eigenvalue weighted by Gasteiger charge is 2.37. The zero-order chi connectivity index (χ0) is 15.5. The first kappa shape index (κ1) is 17.9. The van der Waals surface area contributed by atoms with E-state index in [0.29, 0.717) is 13.1 Å². The summed E-state index contributed by atoms with van der Waals surface area (Å²) in [5.41, 5.74) is 2.20. The molecule has 23 heavy (non-hydrogen) atoms. The number of piperazine rings is 1. The molecule has 5 heteroatoms. The van der Waals surface area contributed by atoms with Gasteiger partial charge in [0, 0.05) is 13.1 Å². The molecule has 1 saturated heterocycles. The van der Waals surface area contributed by atoms with E-state index in [0.717, 1.165) is 11.1 Å². The molecule has 124 valence electrons. The van der Waals surface area contributed by atoms with Crippen LogP contribution in [0.5, 0.6) is 0 Å². The Hall–Kier alpha value is -1.43. The van der Waals surface area contributed by atoms with E-state index < -0.39 is 6.23 Å². The average Bonchev–Trinajstić information content (AvgIpc) is 2.55. The first-order valence-corrected chi connectivity index (χ1v) is 7.66. The Morgan fingerprint density at radius 3 is 1.61 bits per heavy atom. The van der Waals surface area contributed by atoms with Crippen molar-refractivity contribution in [1.82, 2.24) is 9.96 Å². The van der Waals surface area contributed by atoms with Crippen LogP contribution in [0.25, 0.3) is 0 Å². The Labute approximate surface area is 143 Å². The molecule has 0 aliphatic carbocycles. The predicted molar refractivity (Wildman–Crippen MR) is 92.5 cm³/mol. The maximum absolute atomic E-state index is 10.4. The molecule has 0 aromatic heterocycles. The number of hydroxylamine groups is 2. The summed E-state index contributed by atoms with van der Waals surface area (Å²) in [5, 5.41) is 21.9. The van der Waals surface area contributed by atoms with Crippen LogP contribution < -0.4 is 0 Å². The van der Waals surface area contributed by atoms with Crippen LogP contribution in [0.1, 0.15) is 30.1 Å². The number of benzene rings is 2. The topological polar surface area (TPSA) is 46.9 Å². The molecule has 2 aromatic rings. The fourth-order valence-corrected chi connectivity index (χ4v) is 3.31. The molecule has 0 amide bonds. The summed E-state index contributed by atoms with van der Waals surface area (Å²) in [6, 6.07) is 20.0. The predicted octanol–water partition coefficient (Wildman–Crippen LogP) is 3.24. The second-order valence-electron chi connectivity index (χ2n) is 5.80. The number of aliphatic hydroxyl groups is 1. The maximum atomic E-state index is 10.4. The zero-order valence-corrected chi connectivity index (χ0v) is 13.9. The summed E-state index contributed by atoms with van der Waals surface area (Å²) in [7, 11) is 0. The Balaban J connectivity index is 0.00000192. The van der Waals surface area contributed by atoms with Crippen molar-refractivity contribution in [1.29, 1.82) is 0 Å².